The summed E-state index contributed by atoms with van der Waals surface area (Å²) in [6, 6.07) is 15.8. The molecule has 1 aliphatic carbocycles. The second-order valence-electron chi connectivity index (χ2n) is 10.7. The van der Waals surface area contributed by atoms with E-state index in [0.29, 0.717) is 5.92 Å². The summed E-state index contributed by atoms with van der Waals surface area (Å²) in [6.45, 7) is 6.94. The van der Waals surface area contributed by atoms with Crippen LogP contribution in [0, 0.1) is 0 Å². The van der Waals surface area contributed by atoms with Crippen LogP contribution >= 0.6 is 11.6 Å². The van der Waals surface area contributed by atoms with Crippen molar-refractivity contribution < 1.29 is 0 Å². The second-order valence-corrected chi connectivity index (χ2v) is 11.1. The molecule has 1 saturated heterocycles. The van der Waals surface area contributed by atoms with E-state index in [1.807, 2.05) is 0 Å². The third-order valence-corrected chi connectivity index (χ3v) is 8.76. The molecule has 180 valence electrons. The lowest BCUT2D eigenvalue weighted by Gasteiger charge is -2.34. The van der Waals surface area contributed by atoms with Crippen LogP contribution in [0.25, 0.3) is 22.2 Å². The number of rotatable bonds is 4. The molecule has 34 heavy (non-hydrogen) atoms. The molecule has 3 aromatic rings. The monoisotopic (exact) mass is 475 g/mol. The predicted octanol–water partition coefficient (Wildman–Crippen LogP) is 7.71. The number of likely N-dealkylation sites (tertiary alicyclic amines) is 1. The number of hydrogen-bond acceptors (Lipinski definition) is 2. The first-order valence-electron chi connectivity index (χ1n) is 13.7. The van der Waals surface area contributed by atoms with Gasteiger partial charge >= 0.3 is 0 Å². The van der Waals surface area contributed by atoms with Gasteiger partial charge in [0.25, 0.3) is 0 Å². The van der Waals surface area contributed by atoms with E-state index in [0.717, 1.165) is 31.2 Å². The van der Waals surface area contributed by atoms with E-state index in [9.17, 15) is 0 Å². The van der Waals surface area contributed by atoms with Gasteiger partial charge in [-0.1, -0.05) is 55.5 Å². The molecule has 0 amide bonds. The number of piperidine rings is 1. The van der Waals surface area contributed by atoms with E-state index in [1.165, 1.54) is 98.7 Å². The van der Waals surface area contributed by atoms with Gasteiger partial charge in [-0.15, -0.1) is 0 Å². The smallest absolute Gasteiger partial charge is 0.0547 e. The summed E-state index contributed by atoms with van der Waals surface area (Å²) in [5.74, 6) is 0.666. The van der Waals surface area contributed by atoms with Crippen molar-refractivity contribution in [2.45, 2.75) is 70.3 Å². The van der Waals surface area contributed by atoms with Gasteiger partial charge in [-0.05, 0) is 80.9 Å². The van der Waals surface area contributed by atoms with E-state index in [2.05, 4.69) is 56.8 Å². The molecule has 6 rings (SSSR count). The molecular formula is C30H38ClN3. The summed E-state index contributed by atoms with van der Waals surface area (Å²) in [4.78, 5) is 5.30. The van der Waals surface area contributed by atoms with Crippen molar-refractivity contribution in [2.75, 3.05) is 37.6 Å². The maximum atomic E-state index is 6.64. The number of fused-ring (bicyclic) bond motifs is 5. The van der Waals surface area contributed by atoms with Crippen molar-refractivity contribution in [3.05, 3.63) is 53.1 Å². The van der Waals surface area contributed by atoms with Crippen LogP contribution in [0.15, 0.2) is 42.5 Å². The van der Waals surface area contributed by atoms with Crippen LogP contribution in [-0.2, 0) is 6.54 Å². The van der Waals surface area contributed by atoms with Gasteiger partial charge in [0.2, 0.25) is 0 Å². The second kappa shape index (κ2) is 9.95. The van der Waals surface area contributed by atoms with Crippen LogP contribution in [0.5, 0.6) is 0 Å². The maximum absolute atomic E-state index is 6.64. The highest BCUT2D eigenvalue weighted by molar-refractivity contribution is 6.31. The zero-order valence-corrected chi connectivity index (χ0v) is 21.2. The van der Waals surface area contributed by atoms with Crippen molar-refractivity contribution in [3.8, 4) is 11.3 Å². The Balaban J connectivity index is 1.46. The molecule has 0 radical (unpaired) electrons. The van der Waals surface area contributed by atoms with Crippen LogP contribution in [-0.4, -0.2) is 42.2 Å². The zero-order valence-electron chi connectivity index (χ0n) is 20.4. The minimum atomic E-state index is 0.666. The average molecular weight is 476 g/mol. The molecule has 3 aliphatic rings. The highest BCUT2D eigenvalue weighted by Crippen LogP contribution is 2.47. The average Bonchev–Trinajstić information content (AvgIpc) is 3.19. The van der Waals surface area contributed by atoms with E-state index in [-0.39, 0.29) is 0 Å². The fourth-order valence-corrected chi connectivity index (χ4v) is 7.01. The highest BCUT2D eigenvalue weighted by atomic mass is 35.5. The quantitative estimate of drug-likeness (QED) is 0.383. The number of aromatic nitrogens is 1. The number of benzene rings is 2. The van der Waals surface area contributed by atoms with Gasteiger partial charge in [0.15, 0.2) is 0 Å². The van der Waals surface area contributed by atoms with Gasteiger partial charge in [0, 0.05) is 53.4 Å². The van der Waals surface area contributed by atoms with E-state index < -0.39 is 0 Å². The Bertz CT molecular complexity index is 1140. The fourth-order valence-electron chi connectivity index (χ4n) is 6.84. The number of aryl methyl sites for hydroxylation is 1. The van der Waals surface area contributed by atoms with Crippen molar-refractivity contribution in [3.63, 3.8) is 0 Å². The van der Waals surface area contributed by atoms with Crippen molar-refractivity contribution in [1.82, 2.24) is 9.47 Å². The van der Waals surface area contributed by atoms with E-state index >= 15 is 0 Å². The molecule has 3 nitrogen and oxygen atoms in total. The first-order chi connectivity index (χ1) is 16.8. The number of nitrogens with zero attached hydrogens (tertiary/aromatic N) is 3. The van der Waals surface area contributed by atoms with Crippen LogP contribution in [0.2, 0.25) is 5.02 Å². The van der Waals surface area contributed by atoms with Gasteiger partial charge in [0.05, 0.1) is 5.69 Å². The molecular weight excluding hydrogens is 438 g/mol. The molecule has 2 aromatic carbocycles. The fraction of sp³-hybridized carbons (Fsp3) is 0.533. The Labute approximate surface area is 209 Å². The van der Waals surface area contributed by atoms with E-state index in [4.69, 9.17) is 11.6 Å². The van der Waals surface area contributed by atoms with Gasteiger partial charge in [-0.2, -0.15) is 0 Å². The number of para-hydroxylation sites is 1. The zero-order chi connectivity index (χ0) is 22.9. The largest absolute Gasteiger partial charge is 0.370 e. The van der Waals surface area contributed by atoms with Gasteiger partial charge in [-0.3, -0.25) is 0 Å². The van der Waals surface area contributed by atoms with Crippen molar-refractivity contribution >= 4 is 28.2 Å². The number of anilines is 1. The highest BCUT2D eigenvalue weighted by Gasteiger charge is 2.29. The molecule has 1 saturated carbocycles. The van der Waals surface area contributed by atoms with Crippen LogP contribution in [0.1, 0.15) is 69.3 Å². The minimum absolute atomic E-state index is 0.666. The summed E-state index contributed by atoms with van der Waals surface area (Å²) in [7, 11) is 0. The van der Waals surface area contributed by atoms with Crippen LogP contribution < -0.4 is 4.90 Å². The molecule has 1 aromatic heterocycles. The molecule has 3 heterocycles. The van der Waals surface area contributed by atoms with Crippen molar-refractivity contribution in [1.29, 1.82) is 0 Å². The minimum Gasteiger partial charge on any atom is -0.370 e. The number of halogens is 1. The molecule has 2 aliphatic heterocycles. The first-order valence-corrected chi connectivity index (χ1v) is 14.1. The summed E-state index contributed by atoms with van der Waals surface area (Å²) >= 11 is 6.64. The maximum Gasteiger partial charge on any atom is 0.0547 e. The summed E-state index contributed by atoms with van der Waals surface area (Å²) in [6.07, 6.45) is 12.0. The third-order valence-electron chi connectivity index (χ3n) is 8.52. The lowest BCUT2D eigenvalue weighted by atomic mass is 9.81. The standard InChI is InChI=1S/C30H38ClN3/c31-24-14-15-26-28(22-24)33(21-20-32-16-7-2-8-17-32)18-9-19-34-27-13-6-5-12-25(27)29(30(26)34)23-10-3-1-4-11-23/h5-6,12-15,22-23H,1-4,7-11,16-21H2. The molecule has 0 spiro atoms. The predicted molar refractivity (Wildman–Crippen MR) is 145 cm³/mol. The lowest BCUT2D eigenvalue weighted by Crippen LogP contribution is -2.39. The summed E-state index contributed by atoms with van der Waals surface area (Å²) in [5.41, 5.74) is 7.23. The lowest BCUT2D eigenvalue weighted by molar-refractivity contribution is 0.233. The molecule has 0 N–H and O–H groups in total. The molecule has 4 heteroatoms. The summed E-state index contributed by atoms with van der Waals surface area (Å²) in [5, 5.41) is 2.33. The molecule has 0 bridgehead atoms. The Morgan fingerprint density at radius 3 is 2.41 bits per heavy atom. The SMILES string of the molecule is Clc1ccc2c(c1)N(CCN1CCCCC1)CCCn1c-2c(C2CCCCC2)c2ccccc21. The van der Waals surface area contributed by atoms with Crippen molar-refractivity contribution in [2.24, 2.45) is 0 Å². The first kappa shape index (κ1) is 22.5. The van der Waals surface area contributed by atoms with E-state index in [1.54, 1.807) is 5.56 Å². The molecule has 2 fully saturated rings. The van der Waals surface area contributed by atoms with Gasteiger partial charge in [0.1, 0.15) is 0 Å². The molecule has 0 unspecified atom stereocenters. The van der Waals surface area contributed by atoms with Gasteiger partial charge in [-0.25, -0.2) is 0 Å². The van der Waals surface area contributed by atoms with Crippen LogP contribution in [0.4, 0.5) is 5.69 Å². The topological polar surface area (TPSA) is 11.4 Å². The Kier molecular flexibility index (Phi) is 6.58. The summed E-state index contributed by atoms with van der Waals surface area (Å²) < 4.78 is 2.65. The normalized spacial score (nSPS) is 20.1. The third kappa shape index (κ3) is 4.27. The Morgan fingerprint density at radius 2 is 1.56 bits per heavy atom. The Morgan fingerprint density at radius 1 is 0.765 bits per heavy atom. The van der Waals surface area contributed by atoms with Gasteiger partial charge < -0.3 is 14.4 Å². The number of hydrogen-bond donors (Lipinski definition) is 0. The molecule has 0 atom stereocenters. The Hall–Kier alpha value is -1.97. The van der Waals surface area contributed by atoms with Crippen LogP contribution in [0.3, 0.4) is 0 Å².